The largest absolute Gasteiger partial charge is 0.464 e. The van der Waals surface area contributed by atoms with Gasteiger partial charge in [0.05, 0.1) is 41.7 Å². The van der Waals surface area contributed by atoms with Crippen molar-refractivity contribution in [3.8, 4) is 0 Å². The van der Waals surface area contributed by atoms with Crippen molar-refractivity contribution in [1.82, 2.24) is 41.2 Å². The number of nitrogens with one attached hydrogen (secondary N) is 5. The van der Waals surface area contributed by atoms with Crippen LogP contribution < -0.4 is 38.6 Å². The lowest BCUT2D eigenvalue weighted by molar-refractivity contribution is 0.344. The molecular weight excluding hydrogens is 751 g/mol. The molecule has 294 valence electrons. The number of guanidine groups is 2. The standard InChI is InChI=1S/C14H25N3OS.C10H16N6S.C9H16N6S2/c1-5-14(15-2)16-8-9-19-11-13-7-6-12(18-13)10-17(3)4;1-8-9(15-7-14-8)6-17-5-4-13-10(11-2)16-12-3;1-13-7(10)2-3-16-4-6-5-17-9(14-6)15-8(11)12/h5-7,15-16H,8-11H2,1-4H3;7H,4-6H2,1-2H3,(H,14,15)(H2,11,13,16);5H,2-4H2,1H3,(H2,10,13)(H4,11,12,14,15)/b14-5+;;. The van der Waals surface area contributed by atoms with Crippen molar-refractivity contribution < 1.29 is 4.42 Å². The van der Waals surface area contributed by atoms with Crippen molar-refractivity contribution in [2.24, 2.45) is 32.2 Å². The fourth-order valence-electron chi connectivity index (χ4n) is 3.82. The average molecular weight is 808 g/mol. The summed E-state index contributed by atoms with van der Waals surface area (Å²) in [5, 5.41) is 12.0. The number of thiazole rings is 1. The van der Waals surface area contributed by atoms with Crippen molar-refractivity contribution in [3.05, 3.63) is 75.9 Å². The van der Waals surface area contributed by atoms with Crippen molar-refractivity contribution in [1.29, 1.82) is 0 Å². The van der Waals surface area contributed by atoms with Crippen LogP contribution in [0.3, 0.4) is 0 Å². The number of imidazole rings is 1. The van der Waals surface area contributed by atoms with Gasteiger partial charge in [0.25, 0.3) is 5.96 Å². The number of furan rings is 1. The fourth-order valence-corrected chi connectivity index (χ4v) is 7.10. The molecule has 53 heavy (non-hydrogen) atoms. The number of aryl methyl sites for hydroxylation is 1. The number of aromatic nitrogens is 3. The van der Waals surface area contributed by atoms with E-state index < -0.39 is 0 Å². The summed E-state index contributed by atoms with van der Waals surface area (Å²) < 4.78 is 5.76. The number of aromatic amines is 1. The summed E-state index contributed by atoms with van der Waals surface area (Å²) in [5.41, 5.74) is 21.8. The first-order chi connectivity index (χ1) is 25.5. The number of nitrogens with two attached hydrogens (primary N) is 3. The Morgan fingerprint density at radius 1 is 1.04 bits per heavy atom. The van der Waals surface area contributed by atoms with Crippen LogP contribution in [0.15, 0.2) is 55.1 Å². The van der Waals surface area contributed by atoms with Crippen molar-refractivity contribution >= 4 is 69.5 Å². The van der Waals surface area contributed by atoms with Gasteiger partial charge < -0.3 is 47.5 Å². The number of rotatable bonds is 20. The highest BCUT2D eigenvalue weighted by molar-refractivity contribution is 7.98. The van der Waals surface area contributed by atoms with Gasteiger partial charge in [-0.1, -0.05) is 5.43 Å². The third kappa shape index (κ3) is 23.3. The summed E-state index contributed by atoms with van der Waals surface area (Å²) in [6.45, 7) is 13.3. The van der Waals surface area contributed by atoms with E-state index >= 15 is 0 Å². The molecule has 0 aliphatic rings. The van der Waals surface area contributed by atoms with Crippen LogP contribution in [0.4, 0.5) is 5.13 Å². The molecule has 20 heteroatoms. The minimum atomic E-state index is 0.0329. The van der Waals surface area contributed by atoms with Crippen LogP contribution in [0.1, 0.15) is 41.9 Å². The maximum absolute atomic E-state index is 6.65. The lowest BCUT2D eigenvalue weighted by Gasteiger charge is -2.09. The number of H-pyrrole nitrogens is 1. The highest BCUT2D eigenvalue weighted by Gasteiger charge is 2.05. The van der Waals surface area contributed by atoms with Crippen LogP contribution in [-0.4, -0.2) is 103 Å². The summed E-state index contributed by atoms with van der Waals surface area (Å²) in [5.74, 6) is 9.96. The highest BCUT2D eigenvalue weighted by atomic mass is 32.2. The smallest absolute Gasteiger partial charge is 0.262 e. The van der Waals surface area contributed by atoms with Gasteiger partial charge in [-0.2, -0.15) is 51.8 Å². The second kappa shape index (κ2) is 29.4. The van der Waals surface area contributed by atoms with Crippen molar-refractivity contribution in [2.45, 2.75) is 44.1 Å². The Kier molecular flexibility index (Phi) is 26.1. The molecular formula is C33H57N15OS4. The van der Waals surface area contributed by atoms with E-state index in [2.05, 4.69) is 73.3 Å². The molecule has 0 saturated carbocycles. The molecule has 11 N–H and O–H groups in total. The molecule has 0 atom stereocenters. The number of aliphatic imine (C=N–C) groups is 3. The molecule has 0 spiro atoms. The minimum Gasteiger partial charge on any atom is -0.464 e. The molecule has 0 bridgehead atoms. The zero-order valence-corrected chi connectivity index (χ0v) is 35.1. The summed E-state index contributed by atoms with van der Waals surface area (Å²) >= 11 is 6.85. The van der Waals surface area contributed by atoms with Crippen LogP contribution in [0, 0.1) is 13.5 Å². The molecule has 3 heterocycles. The first-order valence-electron chi connectivity index (χ1n) is 16.7. The van der Waals surface area contributed by atoms with Gasteiger partial charge in [0.15, 0.2) is 5.96 Å². The summed E-state index contributed by atoms with van der Waals surface area (Å²) in [7, 11) is 9.35. The zero-order valence-electron chi connectivity index (χ0n) is 31.9. The fraction of sp³-hybridized carbons (Fsp3) is 0.515. The molecule has 0 unspecified atom stereocenters. The topological polar surface area (TPSA) is 226 Å². The predicted molar refractivity (Wildman–Crippen MR) is 230 cm³/mol. The third-order valence-corrected chi connectivity index (χ3v) is 10.2. The lowest BCUT2D eigenvalue weighted by Crippen LogP contribution is -2.34. The van der Waals surface area contributed by atoms with E-state index in [-0.39, 0.29) is 5.96 Å². The van der Waals surface area contributed by atoms with E-state index in [9.17, 15) is 0 Å². The Morgan fingerprint density at radius 3 is 2.34 bits per heavy atom. The second-order valence-corrected chi connectivity index (χ2v) is 15.1. The molecule has 0 amide bonds. The van der Waals surface area contributed by atoms with Crippen LogP contribution in [0.5, 0.6) is 0 Å². The highest BCUT2D eigenvalue weighted by Crippen LogP contribution is 2.22. The van der Waals surface area contributed by atoms with Gasteiger partial charge in [0, 0.05) is 80.5 Å². The van der Waals surface area contributed by atoms with Gasteiger partial charge in [-0.3, -0.25) is 9.98 Å². The Labute approximate surface area is 331 Å². The molecule has 16 nitrogen and oxygen atoms in total. The van der Waals surface area contributed by atoms with Gasteiger partial charge in [-0.15, -0.1) is 11.3 Å². The van der Waals surface area contributed by atoms with Gasteiger partial charge in [-0.25, -0.2) is 9.97 Å². The Hall–Kier alpha value is -4.03. The third-order valence-electron chi connectivity index (χ3n) is 6.45. The quantitative estimate of drug-likeness (QED) is 0.0267. The predicted octanol–water partition coefficient (Wildman–Crippen LogP) is 3.85. The van der Waals surface area contributed by atoms with Gasteiger partial charge in [-0.05, 0) is 46.2 Å². The van der Waals surface area contributed by atoms with E-state index in [0.29, 0.717) is 16.9 Å². The Morgan fingerprint density at radius 2 is 1.74 bits per heavy atom. The SMILES string of the molecule is C/C=C(\NC)NCCSCc1ccc(CN(C)C)o1.CN=C(N)CCSCc1csc(N=C(N)N)n1.[C-]#[N+]NC(=NC)NCCSCc1nc[nH]c1C. The molecule has 0 fully saturated rings. The zero-order chi connectivity index (χ0) is 39.3. The van der Waals surface area contributed by atoms with Crippen LogP contribution in [0.25, 0.3) is 4.95 Å². The molecule has 0 aliphatic heterocycles. The normalized spacial score (nSPS) is 11.5. The monoisotopic (exact) mass is 807 g/mol. The number of allylic oxidation sites excluding steroid dienone is 1. The molecule has 0 aromatic carbocycles. The number of hydrogen-bond donors (Lipinski definition) is 8. The molecule has 0 radical (unpaired) electrons. The first kappa shape index (κ1) is 47.0. The molecule has 3 aromatic rings. The summed E-state index contributed by atoms with van der Waals surface area (Å²) in [6.07, 6.45) is 4.54. The number of amidine groups is 1. The Balaban J connectivity index is 0.000000398. The van der Waals surface area contributed by atoms with Crippen LogP contribution in [-0.2, 0) is 23.8 Å². The van der Waals surface area contributed by atoms with Gasteiger partial charge in [0.2, 0.25) is 5.13 Å². The molecule has 0 aliphatic carbocycles. The van der Waals surface area contributed by atoms with Crippen molar-refractivity contribution in [3.63, 3.8) is 0 Å². The average Bonchev–Trinajstić information content (AvgIpc) is 3.89. The van der Waals surface area contributed by atoms with Crippen LogP contribution >= 0.6 is 46.6 Å². The van der Waals surface area contributed by atoms with E-state index in [0.717, 1.165) is 95.0 Å². The van der Waals surface area contributed by atoms with Gasteiger partial charge in [0.1, 0.15) is 11.5 Å². The van der Waals surface area contributed by atoms with E-state index in [1.165, 1.54) is 11.3 Å². The van der Waals surface area contributed by atoms with Crippen LogP contribution in [0.2, 0.25) is 0 Å². The first-order valence-corrected chi connectivity index (χ1v) is 21.0. The number of thioether (sulfide) groups is 3. The minimum absolute atomic E-state index is 0.0329. The second-order valence-electron chi connectivity index (χ2n) is 11.0. The maximum Gasteiger partial charge on any atom is 0.262 e. The molecule has 0 saturated heterocycles. The van der Waals surface area contributed by atoms with E-state index in [1.807, 2.05) is 58.2 Å². The summed E-state index contributed by atoms with van der Waals surface area (Å²) in [6, 6.07) is 4.14. The Bertz CT molecular complexity index is 1570. The lowest BCUT2D eigenvalue weighted by atomic mass is 10.4. The van der Waals surface area contributed by atoms with Crippen molar-refractivity contribution in [2.75, 3.05) is 65.6 Å². The summed E-state index contributed by atoms with van der Waals surface area (Å²) in [4.78, 5) is 28.4. The number of nitrogens with zero attached hydrogens (tertiary/aromatic N) is 7. The van der Waals surface area contributed by atoms with Gasteiger partial charge >= 0.3 is 0 Å². The molecule has 3 aromatic heterocycles. The number of hydrogen-bond acceptors (Lipinski definition) is 13. The van der Waals surface area contributed by atoms with E-state index in [1.54, 1.807) is 43.9 Å². The maximum atomic E-state index is 6.65. The molecule has 3 rings (SSSR count). The van der Waals surface area contributed by atoms with E-state index in [4.69, 9.17) is 28.2 Å².